The number of para-hydroxylation sites is 1. The maximum Gasteiger partial charge on any atom is 0.0340 e. The molecule has 0 radical (unpaired) electrons. The van der Waals surface area contributed by atoms with Crippen molar-refractivity contribution in [1.29, 1.82) is 0 Å². The number of thioether (sulfide) groups is 1. The lowest BCUT2D eigenvalue weighted by Gasteiger charge is -2.11. The summed E-state index contributed by atoms with van der Waals surface area (Å²) in [7, 11) is 0. The summed E-state index contributed by atoms with van der Waals surface area (Å²) in [4.78, 5) is 1.45. The van der Waals surface area contributed by atoms with E-state index in [4.69, 9.17) is 0 Å². The lowest BCUT2D eigenvalue weighted by atomic mass is 10.1. The van der Waals surface area contributed by atoms with E-state index < -0.39 is 0 Å². The molecule has 0 saturated carbocycles. The number of hydrogen-bond donors (Lipinski definition) is 1. The van der Waals surface area contributed by atoms with Crippen LogP contribution in [0.5, 0.6) is 0 Å². The summed E-state index contributed by atoms with van der Waals surface area (Å²) < 4.78 is 0. The van der Waals surface area contributed by atoms with E-state index in [1.165, 1.54) is 22.6 Å². The molecule has 1 aliphatic heterocycles. The van der Waals surface area contributed by atoms with Gasteiger partial charge in [-0.2, -0.15) is 0 Å². The molecule has 1 atom stereocenters. The Kier molecular flexibility index (Phi) is 3.06. The monoisotopic (exact) mass is 241 g/mol. The summed E-state index contributed by atoms with van der Waals surface area (Å²) in [6, 6.07) is 19.1. The molecule has 0 amide bonds. The Morgan fingerprint density at radius 3 is 2.59 bits per heavy atom. The van der Waals surface area contributed by atoms with Crippen LogP contribution in [0.15, 0.2) is 59.5 Å². The highest BCUT2D eigenvalue weighted by atomic mass is 32.2. The second kappa shape index (κ2) is 4.84. The molecule has 1 N–H and O–H groups in total. The minimum atomic E-state index is 0.660. The summed E-state index contributed by atoms with van der Waals surface area (Å²) in [5.41, 5.74) is 2.71. The summed E-state index contributed by atoms with van der Waals surface area (Å²) in [5.74, 6) is 0. The summed E-state index contributed by atoms with van der Waals surface area (Å²) in [5, 5.41) is 4.16. The largest absolute Gasteiger partial charge is 0.384 e. The highest BCUT2D eigenvalue weighted by molar-refractivity contribution is 8.00. The van der Waals surface area contributed by atoms with Crippen LogP contribution in [0.1, 0.15) is 5.56 Å². The zero-order valence-corrected chi connectivity index (χ0v) is 10.4. The van der Waals surface area contributed by atoms with Gasteiger partial charge in [-0.3, -0.25) is 0 Å². The van der Waals surface area contributed by atoms with Crippen LogP contribution in [0.2, 0.25) is 0 Å². The minimum absolute atomic E-state index is 0.660. The van der Waals surface area contributed by atoms with Gasteiger partial charge >= 0.3 is 0 Å². The van der Waals surface area contributed by atoms with E-state index in [0.717, 1.165) is 6.54 Å². The van der Waals surface area contributed by atoms with Crippen LogP contribution in [0.3, 0.4) is 0 Å². The number of rotatable bonds is 3. The normalized spacial score (nSPS) is 17.8. The maximum absolute atomic E-state index is 3.50. The molecule has 1 nitrogen and oxygen atoms in total. The Bertz CT molecular complexity index is 470. The molecular formula is C15H15NS. The molecule has 86 valence electrons. The molecule has 1 aliphatic rings. The molecule has 3 rings (SSSR count). The van der Waals surface area contributed by atoms with E-state index in [1.807, 2.05) is 17.8 Å². The Labute approximate surface area is 106 Å². The van der Waals surface area contributed by atoms with E-state index in [-0.39, 0.29) is 0 Å². The second-order valence-electron chi connectivity index (χ2n) is 4.30. The first-order valence-corrected chi connectivity index (χ1v) is 6.83. The van der Waals surface area contributed by atoms with Crippen LogP contribution in [0, 0.1) is 0 Å². The fourth-order valence-electron chi connectivity index (χ4n) is 2.16. The molecule has 0 fully saturated rings. The van der Waals surface area contributed by atoms with Crippen molar-refractivity contribution in [2.75, 3.05) is 11.9 Å². The van der Waals surface area contributed by atoms with Gasteiger partial charge < -0.3 is 5.32 Å². The molecule has 1 heterocycles. The molecule has 1 unspecified atom stereocenters. The second-order valence-corrected chi connectivity index (χ2v) is 5.64. The molecule has 2 heteroatoms. The third-order valence-corrected chi connectivity index (χ3v) is 4.34. The Balaban J connectivity index is 1.59. The van der Waals surface area contributed by atoms with Gasteiger partial charge in [0.05, 0.1) is 0 Å². The first-order chi connectivity index (χ1) is 8.42. The van der Waals surface area contributed by atoms with Crippen molar-refractivity contribution in [2.45, 2.75) is 16.6 Å². The van der Waals surface area contributed by atoms with E-state index in [1.54, 1.807) is 0 Å². The van der Waals surface area contributed by atoms with E-state index in [9.17, 15) is 0 Å². The number of anilines is 1. The van der Waals surface area contributed by atoms with Crippen LogP contribution >= 0.6 is 11.8 Å². The van der Waals surface area contributed by atoms with Gasteiger partial charge in [-0.05, 0) is 30.2 Å². The van der Waals surface area contributed by atoms with Gasteiger partial charge in [-0.1, -0.05) is 36.4 Å². The van der Waals surface area contributed by atoms with Crippen LogP contribution in [-0.4, -0.2) is 11.8 Å². The van der Waals surface area contributed by atoms with Gasteiger partial charge in [-0.15, -0.1) is 11.8 Å². The number of benzene rings is 2. The molecule has 0 aromatic heterocycles. The van der Waals surface area contributed by atoms with Crippen molar-refractivity contribution >= 4 is 17.4 Å². The molecule has 17 heavy (non-hydrogen) atoms. The topological polar surface area (TPSA) is 12.0 Å². The van der Waals surface area contributed by atoms with Crippen molar-refractivity contribution in [1.82, 2.24) is 0 Å². The number of nitrogens with one attached hydrogen (secondary N) is 1. The average molecular weight is 241 g/mol. The molecule has 0 saturated heterocycles. The van der Waals surface area contributed by atoms with Gasteiger partial charge in [0.15, 0.2) is 0 Å². The predicted octanol–water partition coefficient (Wildman–Crippen LogP) is 3.82. The first-order valence-electron chi connectivity index (χ1n) is 5.95. The van der Waals surface area contributed by atoms with Crippen LogP contribution in [0.25, 0.3) is 0 Å². The fourth-order valence-corrected chi connectivity index (χ4v) is 3.40. The van der Waals surface area contributed by atoms with Gasteiger partial charge in [0.25, 0.3) is 0 Å². The van der Waals surface area contributed by atoms with Crippen molar-refractivity contribution < 1.29 is 0 Å². The van der Waals surface area contributed by atoms with Crippen LogP contribution in [0.4, 0.5) is 5.69 Å². The molecule has 0 aliphatic carbocycles. The van der Waals surface area contributed by atoms with Crippen molar-refractivity contribution in [3.05, 3.63) is 60.2 Å². The van der Waals surface area contributed by atoms with Crippen molar-refractivity contribution in [3.63, 3.8) is 0 Å². The summed E-state index contributed by atoms with van der Waals surface area (Å²) >= 11 is 1.99. The third-order valence-electron chi connectivity index (χ3n) is 3.02. The minimum Gasteiger partial charge on any atom is -0.384 e. The molecule has 2 aromatic carbocycles. The van der Waals surface area contributed by atoms with Gasteiger partial charge in [0.1, 0.15) is 0 Å². The van der Waals surface area contributed by atoms with E-state index >= 15 is 0 Å². The quantitative estimate of drug-likeness (QED) is 0.877. The standard InChI is InChI=1S/C15H15NS/c1-2-7-13(8-3-1)16-11-14-10-12-6-4-5-9-15(12)17-14/h1-9,14,16H,10-11H2. The molecule has 0 bridgehead atoms. The SMILES string of the molecule is c1ccc(NCC2Cc3ccccc3S2)cc1. The first kappa shape index (κ1) is 10.7. The zero-order chi connectivity index (χ0) is 11.5. The number of hydrogen-bond acceptors (Lipinski definition) is 2. The van der Waals surface area contributed by atoms with E-state index in [2.05, 4.69) is 53.8 Å². The average Bonchev–Trinajstić information content (AvgIpc) is 2.80. The lowest BCUT2D eigenvalue weighted by molar-refractivity contribution is 0.899. The van der Waals surface area contributed by atoms with Gasteiger partial charge in [-0.25, -0.2) is 0 Å². The van der Waals surface area contributed by atoms with Crippen LogP contribution < -0.4 is 5.32 Å². The third kappa shape index (κ3) is 2.47. The zero-order valence-electron chi connectivity index (χ0n) is 9.60. The van der Waals surface area contributed by atoms with E-state index in [0.29, 0.717) is 5.25 Å². The van der Waals surface area contributed by atoms with Crippen LogP contribution in [-0.2, 0) is 6.42 Å². The maximum atomic E-state index is 3.50. The summed E-state index contributed by atoms with van der Waals surface area (Å²) in [6.07, 6.45) is 1.18. The van der Waals surface area contributed by atoms with Gasteiger partial charge in [0, 0.05) is 22.4 Å². The Hall–Kier alpha value is -1.41. The Morgan fingerprint density at radius 1 is 1.00 bits per heavy atom. The smallest absolute Gasteiger partial charge is 0.0340 e. The lowest BCUT2D eigenvalue weighted by Crippen LogP contribution is -2.15. The fraction of sp³-hybridized carbons (Fsp3) is 0.200. The summed E-state index contributed by atoms with van der Waals surface area (Å²) in [6.45, 7) is 1.03. The van der Waals surface area contributed by atoms with Crippen molar-refractivity contribution in [2.24, 2.45) is 0 Å². The highest BCUT2D eigenvalue weighted by Crippen LogP contribution is 2.36. The molecular weight excluding hydrogens is 226 g/mol. The van der Waals surface area contributed by atoms with Crippen molar-refractivity contribution in [3.8, 4) is 0 Å². The highest BCUT2D eigenvalue weighted by Gasteiger charge is 2.21. The predicted molar refractivity (Wildman–Crippen MR) is 74.7 cm³/mol. The molecule has 2 aromatic rings. The number of fused-ring (bicyclic) bond motifs is 1. The Morgan fingerprint density at radius 2 is 1.76 bits per heavy atom. The van der Waals surface area contributed by atoms with Gasteiger partial charge in [0.2, 0.25) is 0 Å². The molecule has 0 spiro atoms.